The van der Waals surface area contributed by atoms with Crippen molar-refractivity contribution in [3.05, 3.63) is 0 Å². The first kappa shape index (κ1) is 10.9. The van der Waals surface area contributed by atoms with Crippen LogP contribution in [0.5, 0.6) is 0 Å². The molecule has 2 rings (SSSR count). The first-order valence-corrected chi connectivity index (χ1v) is 5.89. The van der Waals surface area contributed by atoms with Gasteiger partial charge in [0.15, 0.2) is 5.72 Å². The molecule has 4 nitrogen and oxygen atoms in total. The maximum absolute atomic E-state index is 11.4. The van der Waals surface area contributed by atoms with Gasteiger partial charge in [-0.15, -0.1) is 0 Å². The molecule has 0 unspecified atom stereocenters. The van der Waals surface area contributed by atoms with Crippen molar-refractivity contribution in [3.63, 3.8) is 0 Å². The predicted octanol–water partition coefficient (Wildman–Crippen LogP) is 0.677. The summed E-state index contributed by atoms with van der Waals surface area (Å²) in [4.78, 5) is 16.0. The van der Waals surface area contributed by atoms with Gasteiger partial charge >= 0.3 is 5.97 Å². The van der Waals surface area contributed by atoms with Gasteiger partial charge in [-0.3, -0.25) is 9.69 Å². The highest BCUT2D eigenvalue weighted by Gasteiger charge is 2.47. The van der Waals surface area contributed by atoms with Crippen LogP contribution in [-0.2, 0) is 9.53 Å². The van der Waals surface area contributed by atoms with E-state index in [-0.39, 0.29) is 11.7 Å². The predicted molar refractivity (Wildman–Crippen MR) is 57.4 cm³/mol. The van der Waals surface area contributed by atoms with E-state index in [0.29, 0.717) is 6.54 Å². The number of nitrogens with zero attached hydrogens (tertiary/aromatic N) is 2. The number of likely N-dealkylation sites (tertiary alicyclic amines) is 1. The van der Waals surface area contributed by atoms with Crippen LogP contribution in [0.1, 0.15) is 26.7 Å². The molecular formula is C11H20N2O2. The van der Waals surface area contributed by atoms with Crippen molar-refractivity contribution < 1.29 is 9.53 Å². The summed E-state index contributed by atoms with van der Waals surface area (Å²) in [6, 6.07) is 0. The van der Waals surface area contributed by atoms with Crippen LogP contribution >= 0.6 is 0 Å². The third-order valence-corrected chi connectivity index (χ3v) is 3.67. The summed E-state index contributed by atoms with van der Waals surface area (Å²) in [7, 11) is 0. The Kier molecular flexibility index (Phi) is 2.98. The van der Waals surface area contributed by atoms with Crippen LogP contribution in [0.4, 0.5) is 0 Å². The van der Waals surface area contributed by atoms with E-state index in [2.05, 4.69) is 23.6 Å². The highest BCUT2D eigenvalue weighted by Crippen LogP contribution is 2.34. The monoisotopic (exact) mass is 212 g/mol. The molecule has 15 heavy (non-hydrogen) atoms. The molecule has 0 aromatic rings. The van der Waals surface area contributed by atoms with Gasteiger partial charge in [0, 0.05) is 25.9 Å². The van der Waals surface area contributed by atoms with Crippen LogP contribution in [0.25, 0.3) is 0 Å². The Morgan fingerprint density at radius 3 is 2.47 bits per heavy atom. The lowest BCUT2D eigenvalue weighted by molar-refractivity contribution is -0.161. The Morgan fingerprint density at radius 2 is 1.93 bits per heavy atom. The van der Waals surface area contributed by atoms with Crippen LogP contribution in [0.3, 0.4) is 0 Å². The molecule has 0 aromatic carbocycles. The average molecular weight is 212 g/mol. The van der Waals surface area contributed by atoms with Gasteiger partial charge < -0.3 is 9.64 Å². The summed E-state index contributed by atoms with van der Waals surface area (Å²) in [5.41, 5.74) is -0.266. The molecule has 0 N–H and O–H groups in total. The fourth-order valence-electron chi connectivity index (χ4n) is 2.65. The second-order valence-corrected chi connectivity index (χ2v) is 4.37. The molecule has 0 atom stereocenters. The molecule has 2 fully saturated rings. The molecule has 4 heteroatoms. The number of hydrogen-bond acceptors (Lipinski definition) is 4. The molecule has 2 saturated heterocycles. The van der Waals surface area contributed by atoms with Crippen molar-refractivity contribution in [1.29, 1.82) is 0 Å². The van der Waals surface area contributed by atoms with Gasteiger partial charge in [-0.05, 0) is 13.1 Å². The summed E-state index contributed by atoms with van der Waals surface area (Å²) < 4.78 is 5.55. The summed E-state index contributed by atoms with van der Waals surface area (Å²) in [6.07, 6.45) is 1.92. The SMILES string of the molecule is CCN1CCC2(CC1)OC(=O)CN2CC. The van der Waals surface area contributed by atoms with Gasteiger partial charge in [0.2, 0.25) is 0 Å². The van der Waals surface area contributed by atoms with E-state index >= 15 is 0 Å². The second-order valence-electron chi connectivity index (χ2n) is 4.37. The van der Waals surface area contributed by atoms with Crippen molar-refractivity contribution in [1.82, 2.24) is 9.80 Å². The van der Waals surface area contributed by atoms with E-state index in [1.54, 1.807) is 0 Å². The van der Waals surface area contributed by atoms with Gasteiger partial charge in [-0.25, -0.2) is 0 Å². The van der Waals surface area contributed by atoms with E-state index in [1.165, 1.54) is 0 Å². The van der Waals surface area contributed by atoms with Crippen molar-refractivity contribution in [3.8, 4) is 0 Å². The van der Waals surface area contributed by atoms with E-state index in [9.17, 15) is 4.79 Å². The number of likely N-dealkylation sites (N-methyl/N-ethyl adjacent to an activating group) is 1. The van der Waals surface area contributed by atoms with E-state index in [1.807, 2.05) is 0 Å². The minimum absolute atomic E-state index is 0.0539. The van der Waals surface area contributed by atoms with Gasteiger partial charge in [0.25, 0.3) is 0 Å². The number of rotatable bonds is 2. The topological polar surface area (TPSA) is 32.8 Å². The Balaban J connectivity index is 2.04. The lowest BCUT2D eigenvalue weighted by Gasteiger charge is -2.42. The summed E-state index contributed by atoms with van der Waals surface area (Å²) in [5, 5.41) is 0. The van der Waals surface area contributed by atoms with Crippen LogP contribution < -0.4 is 0 Å². The smallest absolute Gasteiger partial charge is 0.322 e. The molecule has 2 heterocycles. The van der Waals surface area contributed by atoms with Crippen molar-refractivity contribution in [2.24, 2.45) is 0 Å². The van der Waals surface area contributed by atoms with E-state index in [4.69, 9.17) is 4.74 Å². The molecule has 2 aliphatic rings. The zero-order valence-corrected chi connectivity index (χ0v) is 9.66. The lowest BCUT2D eigenvalue weighted by Crippen LogP contribution is -2.52. The number of piperidine rings is 1. The van der Waals surface area contributed by atoms with Gasteiger partial charge in [-0.1, -0.05) is 13.8 Å². The van der Waals surface area contributed by atoms with Crippen molar-refractivity contribution in [2.75, 3.05) is 32.7 Å². The molecule has 0 radical (unpaired) electrons. The number of esters is 1. The fraction of sp³-hybridized carbons (Fsp3) is 0.909. The van der Waals surface area contributed by atoms with Crippen molar-refractivity contribution in [2.45, 2.75) is 32.4 Å². The van der Waals surface area contributed by atoms with Crippen LogP contribution in [0.2, 0.25) is 0 Å². The van der Waals surface area contributed by atoms with E-state index < -0.39 is 0 Å². The number of carbonyl (C=O) groups excluding carboxylic acids is 1. The Hall–Kier alpha value is -0.610. The minimum Gasteiger partial charge on any atom is -0.443 e. The molecule has 2 aliphatic heterocycles. The largest absolute Gasteiger partial charge is 0.443 e. The summed E-state index contributed by atoms with van der Waals surface area (Å²) in [5.74, 6) is -0.0539. The highest BCUT2D eigenvalue weighted by molar-refractivity contribution is 5.74. The number of carbonyl (C=O) groups is 1. The molecule has 0 aliphatic carbocycles. The number of ether oxygens (including phenoxy) is 1. The van der Waals surface area contributed by atoms with E-state index in [0.717, 1.165) is 39.0 Å². The summed E-state index contributed by atoms with van der Waals surface area (Å²) in [6.45, 7) is 8.82. The summed E-state index contributed by atoms with van der Waals surface area (Å²) >= 11 is 0. The van der Waals surface area contributed by atoms with Gasteiger partial charge in [0.05, 0.1) is 0 Å². The van der Waals surface area contributed by atoms with Crippen LogP contribution in [-0.4, -0.2) is 54.2 Å². The molecule has 0 bridgehead atoms. The first-order valence-electron chi connectivity index (χ1n) is 5.89. The zero-order chi connectivity index (χ0) is 10.9. The van der Waals surface area contributed by atoms with Crippen LogP contribution in [0.15, 0.2) is 0 Å². The van der Waals surface area contributed by atoms with Crippen molar-refractivity contribution >= 4 is 5.97 Å². The molecule has 0 saturated carbocycles. The first-order chi connectivity index (χ1) is 7.20. The fourth-order valence-corrected chi connectivity index (χ4v) is 2.65. The lowest BCUT2D eigenvalue weighted by atomic mass is 9.99. The standard InChI is InChI=1S/C11H20N2O2/c1-3-12-7-5-11(6-8-12)13(4-2)9-10(14)15-11/h3-9H2,1-2H3. The molecule has 0 aromatic heterocycles. The third kappa shape index (κ3) is 1.88. The minimum atomic E-state index is -0.266. The maximum atomic E-state index is 11.4. The Labute approximate surface area is 91.2 Å². The zero-order valence-electron chi connectivity index (χ0n) is 9.66. The van der Waals surface area contributed by atoms with Gasteiger partial charge in [0.1, 0.15) is 6.54 Å². The number of hydrogen-bond donors (Lipinski definition) is 0. The Morgan fingerprint density at radius 1 is 1.27 bits per heavy atom. The van der Waals surface area contributed by atoms with Crippen LogP contribution in [0, 0.1) is 0 Å². The normalized spacial score (nSPS) is 27.2. The second kappa shape index (κ2) is 4.10. The molecular weight excluding hydrogens is 192 g/mol. The third-order valence-electron chi connectivity index (χ3n) is 3.67. The Bertz CT molecular complexity index is 247. The quantitative estimate of drug-likeness (QED) is 0.630. The van der Waals surface area contributed by atoms with Gasteiger partial charge in [-0.2, -0.15) is 0 Å². The highest BCUT2D eigenvalue weighted by atomic mass is 16.6. The molecule has 0 amide bonds. The maximum Gasteiger partial charge on any atom is 0.322 e. The molecule has 1 spiro atoms. The molecule has 86 valence electrons. The average Bonchev–Trinajstić information content (AvgIpc) is 2.56.